The van der Waals surface area contributed by atoms with Gasteiger partial charge in [-0.1, -0.05) is 35.9 Å². The van der Waals surface area contributed by atoms with E-state index in [0.717, 1.165) is 24.3 Å². The Balaban J connectivity index is 2.00. The molecular formula is C19H10ClF6N. The van der Waals surface area contributed by atoms with E-state index in [1.54, 1.807) is 0 Å². The molecule has 0 aliphatic rings. The first-order valence-corrected chi connectivity index (χ1v) is 7.95. The van der Waals surface area contributed by atoms with Crippen molar-refractivity contribution in [2.24, 2.45) is 0 Å². The molecule has 3 aromatic rings. The molecule has 2 aromatic carbocycles. The van der Waals surface area contributed by atoms with E-state index >= 15 is 0 Å². The molecule has 1 heterocycles. The van der Waals surface area contributed by atoms with Gasteiger partial charge in [-0.25, -0.2) is 4.98 Å². The summed E-state index contributed by atoms with van der Waals surface area (Å²) >= 11 is 6.10. The minimum Gasteiger partial charge on any atom is -0.235 e. The summed E-state index contributed by atoms with van der Waals surface area (Å²) in [6, 6.07) is 12.0. The van der Waals surface area contributed by atoms with Crippen LogP contribution in [0.25, 0.3) is 22.4 Å². The zero-order chi connectivity index (χ0) is 19.8. The van der Waals surface area contributed by atoms with Crippen molar-refractivity contribution in [1.29, 1.82) is 0 Å². The number of hydrogen-bond acceptors (Lipinski definition) is 1. The third kappa shape index (κ3) is 4.24. The highest BCUT2D eigenvalue weighted by atomic mass is 35.5. The van der Waals surface area contributed by atoms with Crippen LogP contribution in [0.15, 0.2) is 60.7 Å². The molecule has 1 nitrogen and oxygen atoms in total. The van der Waals surface area contributed by atoms with E-state index in [9.17, 15) is 26.3 Å². The highest BCUT2D eigenvalue weighted by molar-refractivity contribution is 6.32. The number of nitrogens with zero attached hydrogens (tertiary/aromatic N) is 1. The molecular weight excluding hydrogens is 392 g/mol. The number of hydrogen-bond donors (Lipinski definition) is 0. The van der Waals surface area contributed by atoms with E-state index in [2.05, 4.69) is 4.98 Å². The molecule has 0 amide bonds. The topological polar surface area (TPSA) is 12.9 Å². The molecule has 0 aliphatic heterocycles. The Morgan fingerprint density at radius 1 is 0.667 bits per heavy atom. The van der Waals surface area contributed by atoms with Crippen molar-refractivity contribution in [3.8, 4) is 22.4 Å². The van der Waals surface area contributed by atoms with E-state index in [1.807, 2.05) is 0 Å². The Bertz CT molecular complexity index is 978. The van der Waals surface area contributed by atoms with Crippen LogP contribution in [0.3, 0.4) is 0 Å². The number of rotatable bonds is 2. The van der Waals surface area contributed by atoms with Crippen molar-refractivity contribution >= 4 is 11.6 Å². The van der Waals surface area contributed by atoms with Gasteiger partial charge in [-0.15, -0.1) is 0 Å². The van der Waals surface area contributed by atoms with Crippen LogP contribution in [0.2, 0.25) is 5.15 Å². The molecule has 3 rings (SSSR count). The number of aromatic nitrogens is 1. The Hall–Kier alpha value is -2.54. The molecule has 0 spiro atoms. The Labute approximate surface area is 155 Å². The fourth-order valence-corrected chi connectivity index (χ4v) is 2.79. The molecule has 0 bridgehead atoms. The number of pyridine rings is 1. The fourth-order valence-electron chi connectivity index (χ4n) is 2.53. The van der Waals surface area contributed by atoms with Crippen LogP contribution in [0, 0.1) is 0 Å². The lowest BCUT2D eigenvalue weighted by Gasteiger charge is -2.11. The maximum Gasteiger partial charge on any atom is 0.416 e. The lowest BCUT2D eigenvalue weighted by atomic mass is 10.0. The largest absolute Gasteiger partial charge is 0.416 e. The molecule has 1 aromatic heterocycles. The van der Waals surface area contributed by atoms with Crippen LogP contribution in [-0.2, 0) is 12.4 Å². The normalized spacial score (nSPS) is 12.3. The molecule has 0 aliphatic carbocycles. The Morgan fingerprint density at radius 2 is 1.19 bits per heavy atom. The van der Waals surface area contributed by atoms with Gasteiger partial charge in [0.15, 0.2) is 0 Å². The van der Waals surface area contributed by atoms with E-state index in [4.69, 9.17) is 11.6 Å². The van der Waals surface area contributed by atoms with Gasteiger partial charge in [0.25, 0.3) is 0 Å². The highest BCUT2D eigenvalue weighted by Gasteiger charge is 2.31. The molecule has 0 saturated heterocycles. The van der Waals surface area contributed by atoms with Gasteiger partial charge in [-0.2, -0.15) is 26.3 Å². The molecule has 140 valence electrons. The molecule has 8 heteroatoms. The first kappa shape index (κ1) is 19.2. The lowest BCUT2D eigenvalue weighted by molar-refractivity contribution is -0.138. The van der Waals surface area contributed by atoms with Gasteiger partial charge in [0.05, 0.1) is 16.8 Å². The minimum atomic E-state index is -4.51. The monoisotopic (exact) mass is 401 g/mol. The van der Waals surface area contributed by atoms with Gasteiger partial charge in [-0.3, -0.25) is 0 Å². The van der Waals surface area contributed by atoms with Gasteiger partial charge in [0, 0.05) is 11.1 Å². The molecule has 0 atom stereocenters. The minimum absolute atomic E-state index is 0.107. The summed E-state index contributed by atoms with van der Waals surface area (Å²) in [5.41, 5.74) is -0.835. The molecule has 0 radical (unpaired) electrons. The molecule has 0 unspecified atom stereocenters. The third-order valence-corrected chi connectivity index (χ3v) is 4.12. The summed E-state index contributed by atoms with van der Waals surface area (Å²) < 4.78 is 77.1. The predicted molar refractivity (Wildman–Crippen MR) is 90.1 cm³/mol. The van der Waals surface area contributed by atoms with E-state index in [-0.39, 0.29) is 27.5 Å². The zero-order valence-corrected chi connectivity index (χ0v) is 14.1. The Morgan fingerprint density at radius 3 is 1.70 bits per heavy atom. The SMILES string of the molecule is FC(F)(F)c1cccc(-c2ccc(-c3cccc(C(F)(F)F)c3)c(Cl)n2)c1. The maximum atomic E-state index is 12.9. The standard InChI is InChI=1S/C19H10ClF6N/c20-17-15(11-3-1-5-13(9-11)18(21,22)23)7-8-16(27-17)12-4-2-6-14(10-12)19(24,25)26/h1-10H. The van der Waals surface area contributed by atoms with Gasteiger partial charge < -0.3 is 0 Å². The van der Waals surface area contributed by atoms with Crippen molar-refractivity contribution in [3.05, 3.63) is 76.9 Å². The molecule has 0 fully saturated rings. The van der Waals surface area contributed by atoms with E-state index in [0.29, 0.717) is 0 Å². The average Bonchev–Trinajstić information content (AvgIpc) is 2.60. The lowest BCUT2D eigenvalue weighted by Crippen LogP contribution is -2.05. The van der Waals surface area contributed by atoms with E-state index in [1.165, 1.54) is 36.4 Å². The van der Waals surface area contributed by atoms with Crippen molar-refractivity contribution in [2.75, 3.05) is 0 Å². The summed E-state index contributed by atoms with van der Waals surface area (Å²) in [6.07, 6.45) is -9.01. The van der Waals surface area contributed by atoms with Crippen LogP contribution in [0.4, 0.5) is 26.3 Å². The van der Waals surface area contributed by atoms with Crippen molar-refractivity contribution in [1.82, 2.24) is 4.98 Å². The maximum absolute atomic E-state index is 12.9. The summed E-state index contributed by atoms with van der Waals surface area (Å²) in [4.78, 5) is 4.05. The van der Waals surface area contributed by atoms with Gasteiger partial charge in [0.2, 0.25) is 0 Å². The van der Waals surface area contributed by atoms with Crippen LogP contribution in [0.5, 0.6) is 0 Å². The zero-order valence-electron chi connectivity index (χ0n) is 13.4. The van der Waals surface area contributed by atoms with Gasteiger partial charge in [-0.05, 0) is 42.0 Å². The van der Waals surface area contributed by atoms with Crippen LogP contribution in [-0.4, -0.2) is 4.98 Å². The first-order chi connectivity index (χ1) is 12.6. The summed E-state index contributed by atoms with van der Waals surface area (Å²) in [5, 5.41) is -0.107. The molecule has 27 heavy (non-hydrogen) atoms. The van der Waals surface area contributed by atoms with Gasteiger partial charge >= 0.3 is 12.4 Å². The summed E-state index contributed by atoms with van der Waals surface area (Å²) in [5.74, 6) is 0. The van der Waals surface area contributed by atoms with Crippen molar-refractivity contribution < 1.29 is 26.3 Å². The van der Waals surface area contributed by atoms with Crippen LogP contribution < -0.4 is 0 Å². The second-order valence-corrected chi connectivity index (χ2v) is 6.05. The number of benzene rings is 2. The quantitative estimate of drug-likeness (QED) is 0.329. The van der Waals surface area contributed by atoms with Crippen molar-refractivity contribution in [3.63, 3.8) is 0 Å². The van der Waals surface area contributed by atoms with Crippen molar-refractivity contribution in [2.45, 2.75) is 12.4 Å². The highest BCUT2D eigenvalue weighted by Crippen LogP contribution is 2.36. The smallest absolute Gasteiger partial charge is 0.235 e. The first-order valence-electron chi connectivity index (χ1n) is 7.57. The molecule has 0 N–H and O–H groups in total. The summed E-state index contributed by atoms with van der Waals surface area (Å²) in [6.45, 7) is 0. The third-order valence-electron chi connectivity index (χ3n) is 3.84. The number of alkyl halides is 6. The number of halogens is 7. The molecule has 0 saturated carbocycles. The average molecular weight is 402 g/mol. The second-order valence-electron chi connectivity index (χ2n) is 5.69. The predicted octanol–water partition coefficient (Wildman–Crippen LogP) is 7.11. The van der Waals surface area contributed by atoms with Crippen LogP contribution in [0.1, 0.15) is 11.1 Å². The fraction of sp³-hybridized carbons (Fsp3) is 0.105. The Kier molecular flexibility index (Phi) is 4.90. The van der Waals surface area contributed by atoms with Gasteiger partial charge in [0.1, 0.15) is 5.15 Å². The van der Waals surface area contributed by atoms with Crippen LogP contribution >= 0.6 is 11.6 Å². The summed E-state index contributed by atoms with van der Waals surface area (Å²) in [7, 11) is 0. The van der Waals surface area contributed by atoms with E-state index < -0.39 is 23.5 Å². The second kappa shape index (κ2) is 6.88.